The fraction of sp³-hybridized carbons (Fsp3) is 0.867. The summed E-state index contributed by atoms with van der Waals surface area (Å²) in [6, 6.07) is -0.912. The number of nitrogens with zero attached hydrogens (tertiary/aromatic N) is 1. The van der Waals surface area contributed by atoms with E-state index in [9.17, 15) is 14.7 Å². The average Bonchev–Trinajstić information content (AvgIpc) is 2.90. The Kier molecular flexibility index (Phi) is 5.41. The first-order valence-electron chi connectivity index (χ1n) is 7.87. The molecular formula is C15H26N2O3S. The maximum atomic E-state index is 12.5. The fourth-order valence-electron chi connectivity index (χ4n) is 3.30. The van der Waals surface area contributed by atoms with Crippen LogP contribution in [0.1, 0.15) is 52.4 Å². The smallest absolute Gasteiger partial charge is 0.327 e. The molecule has 6 heteroatoms. The van der Waals surface area contributed by atoms with Crippen molar-refractivity contribution in [2.45, 2.75) is 63.8 Å². The van der Waals surface area contributed by atoms with Crippen LogP contribution in [0, 0.1) is 5.41 Å². The minimum Gasteiger partial charge on any atom is -0.480 e. The first kappa shape index (κ1) is 16.5. The molecule has 0 spiro atoms. The van der Waals surface area contributed by atoms with Crippen molar-refractivity contribution in [2.75, 3.05) is 12.3 Å². The van der Waals surface area contributed by atoms with Crippen LogP contribution in [-0.2, 0) is 4.79 Å². The number of amides is 2. The number of carbonyl (C=O) groups excluding carboxylic acids is 1. The SMILES string of the molecule is CCC1SCC(C(=O)O)N1C(=O)NCC1(C)CCCCC1. The summed E-state index contributed by atoms with van der Waals surface area (Å²) in [6.45, 7) is 4.86. The van der Waals surface area contributed by atoms with Crippen LogP contribution in [0.15, 0.2) is 0 Å². The Morgan fingerprint density at radius 1 is 1.33 bits per heavy atom. The third kappa shape index (κ3) is 3.84. The van der Waals surface area contributed by atoms with Gasteiger partial charge in [0.15, 0.2) is 0 Å². The van der Waals surface area contributed by atoms with E-state index < -0.39 is 12.0 Å². The molecule has 120 valence electrons. The van der Waals surface area contributed by atoms with Gasteiger partial charge in [0, 0.05) is 12.3 Å². The van der Waals surface area contributed by atoms with Crippen LogP contribution in [-0.4, -0.2) is 45.7 Å². The zero-order valence-corrected chi connectivity index (χ0v) is 13.7. The van der Waals surface area contributed by atoms with Gasteiger partial charge >= 0.3 is 12.0 Å². The number of carboxylic acids is 1. The zero-order valence-electron chi connectivity index (χ0n) is 12.9. The third-order valence-electron chi connectivity index (χ3n) is 4.69. The molecule has 2 N–H and O–H groups in total. The summed E-state index contributed by atoms with van der Waals surface area (Å²) in [5.41, 5.74) is 0.168. The van der Waals surface area contributed by atoms with Crippen LogP contribution < -0.4 is 5.32 Å². The number of urea groups is 1. The van der Waals surface area contributed by atoms with E-state index in [0.717, 1.165) is 19.3 Å². The van der Waals surface area contributed by atoms with Crippen molar-refractivity contribution in [2.24, 2.45) is 5.41 Å². The molecule has 2 atom stereocenters. The van der Waals surface area contributed by atoms with Crippen molar-refractivity contribution in [3.8, 4) is 0 Å². The highest BCUT2D eigenvalue weighted by molar-refractivity contribution is 8.00. The van der Waals surface area contributed by atoms with Crippen molar-refractivity contribution in [1.82, 2.24) is 10.2 Å². The number of nitrogens with one attached hydrogen (secondary N) is 1. The molecule has 5 nitrogen and oxygen atoms in total. The Balaban J connectivity index is 1.95. The lowest BCUT2D eigenvalue weighted by atomic mass is 9.76. The Labute approximate surface area is 130 Å². The first-order valence-corrected chi connectivity index (χ1v) is 8.92. The van der Waals surface area contributed by atoms with E-state index in [0.29, 0.717) is 12.3 Å². The third-order valence-corrected chi connectivity index (χ3v) is 6.14. The van der Waals surface area contributed by atoms with Crippen molar-refractivity contribution in [3.63, 3.8) is 0 Å². The van der Waals surface area contributed by atoms with E-state index in [1.165, 1.54) is 24.2 Å². The summed E-state index contributed by atoms with van der Waals surface area (Å²) in [6.07, 6.45) is 6.79. The van der Waals surface area contributed by atoms with Crippen LogP contribution in [0.25, 0.3) is 0 Å². The van der Waals surface area contributed by atoms with Gasteiger partial charge in [0.1, 0.15) is 6.04 Å². The molecule has 1 saturated carbocycles. The normalized spacial score (nSPS) is 28.4. The predicted molar refractivity (Wildman–Crippen MR) is 84.4 cm³/mol. The van der Waals surface area contributed by atoms with Crippen LogP contribution in [0.3, 0.4) is 0 Å². The number of thioether (sulfide) groups is 1. The molecule has 2 rings (SSSR count). The molecule has 1 heterocycles. The average molecular weight is 314 g/mol. The Morgan fingerprint density at radius 3 is 2.57 bits per heavy atom. The van der Waals surface area contributed by atoms with Gasteiger partial charge in [-0.3, -0.25) is 4.90 Å². The Morgan fingerprint density at radius 2 is 2.00 bits per heavy atom. The van der Waals surface area contributed by atoms with E-state index in [-0.39, 0.29) is 16.8 Å². The number of hydrogen-bond acceptors (Lipinski definition) is 3. The lowest BCUT2D eigenvalue weighted by Crippen LogP contribution is -2.51. The van der Waals surface area contributed by atoms with E-state index in [1.54, 1.807) is 11.8 Å². The lowest BCUT2D eigenvalue weighted by molar-refractivity contribution is -0.141. The summed E-state index contributed by atoms with van der Waals surface area (Å²) in [4.78, 5) is 25.3. The number of rotatable bonds is 4. The van der Waals surface area contributed by atoms with Crippen LogP contribution >= 0.6 is 11.8 Å². The monoisotopic (exact) mass is 314 g/mol. The standard InChI is InChI=1S/C15H26N2O3S/c1-3-12-17(11(9-21-12)13(18)19)14(20)16-10-15(2)7-5-4-6-8-15/h11-12H,3-10H2,1-2H3,(H,16,20)(H,18,19). The molecule has 0 bridgehead atoms. The molecule has 0 aromatic heterocycles. The van der Waals surface area contributed by atoms with Crippen LogP contribution in [0.2, 0.25) is 0 Å². The summed E-state index contributed by atoms with van der Waals surface area (Å²) in [5, 5.41) is 12.2. The summed E-state index contributed by atoms with van der Waals surface area (Å²) < 4.78 is 0. The topological polar surface area (TPSA) is 69.6 Å². The second-order valence-corrected chi connectivity index (χ2v) is 7.70. The highest BCUT2D eigenvalue weighted by Crippen LogP contribution is 2.35. The van der Waals surface area contributed by atoms with Gasteiger partial charge in [-0.2, -0.15) is 0 Å². The lowest BCUT2D eigenvalue weighted by Gasteiger charge is -2.35. The fourth-order valence-corrected chi connectivity index (χ4v) is 4.65. The quantitative estimate of drug-likeness (QED) is 0.837. The van der Waals surface area contributed by atoms with Gasteiger partial charge in [-0.05, 0) is 24.7 Å². The number of hydrogen-bond donors (Lipinski definition) is 2. The van der Waals surface area contributed by atoms with Crippen LogP contribution in [0.4, 0.5) is 4.79 Å². The molecule has 0 aromatic carbocycles. The molecule has 1 aliphatic heterocycles. The Hall–Kier alpha value is -0.910. The second kappa shape index (κ2) is 6.90. The van der Waals surface area contributed by atoms with Gasteiger partial charge in [0.2, 0.25) is 0 Å². The summed E-state index contributed by atoms with van der Waals surface area (Å²) in [7, 11) is 0. The van der Waals surface area contributed by atoms with Gasteiger partial charge in [0.25, 0.3) is 0 Å². The second-order valence-electron chi connectivity index (χ2n) is 6.49. The van der Waals surface area contributed by atoms with Crippen LogP contribution in [0.5, 0.6) is 0 Å². The number of carboxylic acid groups (broad SMARTS) is 1. The molecule has 2 aliphatic rings. The van der Waals surface area contributed by atoms with E-state index in [2.05, 4.69) is 12.2 Å². The zero-order chi connectivity index (χ0) is 15.5. The number of aliphatic carboxylic acids is 1. The van der Waals surface area contributed by atoms with Gasteiger partial charge in [-0.15, -0.1) is 11.8 Å². The molecule has 2 amide bonds. The summed E-state index contributed by atoms with van der Waals surface area (Å²) >= 11 is 1.56. The predicted octanol–water partition coefficient (Wildman–Crippen LogP) is 2.90. The maximum absolute atomic E-state index is 12.5. The molecule has 0 radical (unpaired) electrons. The first-order chi connectivity index (χ1) is 9.97. The molecule has 0 aromatic rings. The van der Waals surface area contributed by atoms with E-state index >= 15 is 0 Å². The van der Waals surface area contributed by atoms with Crippen molar-refractivity contribution in [3.05, 3.63) is 0 Å². The minimum atomic E-state index is -0.905. The molecule has 1 aliphatic carbocycles. The molecule has 2 fully saturated rings. The highest BCUT2D eigenvalue weighted by Gasteiger charge is 2.41. The largest absolute Gasteiger partial charge is 0.480 e. The van der Waals surface area contributed by atoms with Crippen molar-refractivity contribution >= 4 is 23.8 Å². The Bertz CT molecular complexity index is 396. The van der Waals surface area contributed by atoms with Gasteiger partial charge < -0.3 is 10.4 Å². The van der Waals surface area contributed by atoms with Crippen molar-refractivity contribution < 1.29 is 14.7 Å². The van der Waals surface area contributed by atoms with E-state index in [4.69, 9.17) is 0 Å². The van der Waals surface area contributed by atoms with E-state index in [1.807, 2.05) is 6.92 Å². The maximum Gasteiger partial charge on any atom is 0.327 e. The van der Waals surface area contributed by atoms with Gasteiger partial charge in [-0.25, -0.2) is 9.59 Å². The molecular weight excluding hydrogens is 288 g/mol. The molecule has 1 saturated heterocycles. The molecule has 2 unspecified atom stereocenters. The summed E-state index contributed by atoms with van der Waals surface area (Å²) in [5.74, 6) is -0.420. The van der Waals surface area contributed by atoms with Crippen molar-refractivity contribution in [1.29, 1.82) is 0 Å². The number of carbonyl (C=O) groups is 2. The molecule has 21 heavy (non-hydrogen) atoms. The van der Waals surface area contributed by atoms with Gasteiger partial charge in [0.05, 0.1) is 5.37 Å². The van der Waals surface area contributed by atoms with Gasteiger partial charge in [-0.1, -0.05) is 33.1 Å². The highest BCUT2D eigenvalue weighted by atomic mass is 32.2. The minimum absolute atomic E-state index is 0.0229.